The van der Waals surface area contributed by atoms with Gasteiger partial charge >= 0.3 is 11.9 Å². The van der Waals surface area contributed by atoms with Crippen molar-refractivity contribution in [1.82, 2.24) is 0 Å². The maximum absolute atomic E-state index is 12.5. The number of allylic oxidation sites excluding steroid dienone is 4. The molecule has 0 aromatic carbocycles. The maximum Gasteiger partial charge on any atom is 0.347 e. The molecule has 170 valence electrons. The second-order valence-electron chi connectivity index (χ2n) is 8.03. The third-order valence-electron chi connectivity index (χ3n) is 5.70. The van der Waals surface area contributed by atoms with Crippen LogP contribution in [0, 0.1) is 17.8 Å². The summed E-state index contributed by atoms with van der Waals surface area (Å²) in [6.45, 7) is 4.00. The van der Waals surface area contributed by atoms with Gasteiger partial charge in [-0.15, -0.1) is 0 Å². The molecule has 1 unspecified atom stereocenters. The van der Waals surface area contributed by atoms with Gasteiger partial charge in [-0.25, -0.2) is 4.79 Å². The number of hydrogen-bond acceptors (Lipinski definition) is 6. The summed E-state index contributed by atoms with van der Waals surface area (Å²) in [5.74, 6) is -0.408. The average Bonchev–Trinajstić information content (AvgIpc) is 3.03. The Bertz CT molecular complexity index is 598. The lowest BCUT2D eigenvalue weighted by atomic mass is 9.86. The average molecular weight is 422 g/mol. The van der Waals surface area contributed by atoms with Crippen molar-refractivity contribution in [3.8, 4) is 0 Å². The summed E-state index contributed by atoms with van der Waals surface area (Å²) >= 11 is 0. The van der Waals surface area contributed by atoms with Crippen molar-refractivity contribution in [2.24, 2.45) is 23.5 Å². The van der Waals surface area contributed by atoms with Crippen LogP contribution in [-0.2, 0) is 23.9 Å². The molecule has 1 saturated carbocycles. The molecular weight excluding hydrogens is 382 g/mol. The number of ketones is 1. The Morgan fingerprint density at radius 2 is 1.93 bits per heavy atom. The quantitative estimate of drug-likeness (QED) is 0.257. The molecule has 0 bridgehead atoms. The fourth-order valence-corrected chi connectivity index (χ4v) is 4.02. The summed E-state index contributed by atoms with van der Waals surface area (Å²) in [4.78, 5) is 35.3. The van der Waals surface area contributed by atoms with Crippen molar-refractivity contribution in [1.29, 1.82) is 0 Å². The first-order chi connectivity index (χ1) is 14.4. The summed E-state index contributed by atoms with van der Waals surface area (Å²) in [7, 11) is 1.27. The molecule has 0 radical (unpaired) electrons. The van der Waals surface area contributed by atoms with E-state index < -0.39 is 18.0 Å². The van der Waals surface area contributed by atoms with Gasteiger partial charge in [0, 0.05) is 19.3 Å². The van der Waals surface area contributed by atoms with Crippen LogP contribution in [0.15, 0.2) is 24.3 Å². The third-order valence-corrected chi connectivity index (χ3v) is 5.70. The molecule has 1 rings (SSSR count). The molecule has 1 fully saturated rings. The van der Waals surface area contributed by atoms with E-state index in [0.717, 1.165) is 6.42 Å². The van der Waals surface area contributed by atoms with Crippen LogP contribution in [0.25, 0.3) is 0 Å². The Hall–Kier alpha value is -1.95. The Balaban J connectivity index is 2.56. The predicted octanol–water partition coefficient (Wildman–Crippen LogP) is 4.12. The highest BCUT2D eigenvalue weighted by Crippen LogP contribution is 2.37. The lowest BCUT2D eigenvalue weighted by Gasteiger charge is -2.18. The summed E-state index contributed by atoms with van der Waals surface area (Å²) in [5, 5.41) is 0. The van der Waals surface area contributed by atoms with E-state index in [9.17, 15) is 14.4 Å². The largest absolute Gasteiger partial charge is 0.466 e. The molecule has 1 aliphatic rings. The summed E-state index contributed by atoms with van der Waals surface area (Å²) in [5.41, 5.74) is 5.92. The van der Waals surface area contributed by atoms with Gasteiger partial charge in [0.25, 0.3) is 0 Å². The minimum atomic E-state index is -0.893. The number of esters is 2. The highest BCUT2D eigenvalue weighted by Gasteiger charge is 2.39. The molecule has 0 amide bonds. The van der Waals surface area contributed by atoms with Gasteiger partial charge in [0.2, 0.25) is 0 Å². The molecule has 6 nitrogen and oxygen atoms in total. The van der Waals surface area contributed by atoms with Gasteiger partial charge in [-0.05, 0) is 50.5 Å². The van der Waals surface area contributed by atoms with Gasteiger partial charge in [-0.2, -0.15) is 0 Å². The fourth-order valence-electron chi connectivity index (χ4n) is 4.02. The number of Topliss-reactive ketones (excluding diaryl/α,β-unsaturated/α-hetero) is 1. The Kier molecular flexibility index (Phi) is 13.0. The maximum atomic E-state index is 12.5. The van der Waals surface area contributed by atoms with Crippen LogP contribution in [0.2, 0.25) is 0 Å². The first kappa shape index (κ1) is 26.1. The van der Waals surface area contributed by atoms with Crippen molar-refractivity contribution in [3.05, 3.63) is 24.3 Å². The zero-order chi connectivity index (χ0) is 22.4. The molecule has 4 atom stereocenters. The van der Waals surface area contributed by atoms with Crippen LogP contribution >= 0.6 is 0 Å². The number of carbonyl (C=O) groups is 3. The molecule has 30 heavy (non-hydrogen) atoms. The van der Waals surface area contributed by atoms with E-state index in [0.29, 0.717) is 32.2 Å². The van der Waals surface area contributed by atoms with Gasteiger partial charge in [-0.3, -0.25) is 9.59 Å². The second-order valence-corrected chi connectivity index (χ2v) is 8.03. The Morgan fingerprint density at radius 3 is 2.57 bits per heavy atom. The van der Waals surface area contributed by atoms with Gasteiger partial charge in [0.05, 0.1) is 7.11 Å². The normalized spacial score (nSPS) is 22.7. The number of rotatable bonds is 14. The molecular formula is C24H39NO5. The van der Waals surface area contributed by atoms with E-state index in [1.807, 2.05) is 12.2 Å². The van der Waals surface area contributed by atoms with Crippen LogP contribution in [0.5, 0.6) is 0 Å². The van der Waals surface area contributed by atoms with E-state index in [-0.39, 0.29) is 23.5 Å². The number of carbonyl (C=O) groups excluding carboxylic acids is 3. The number of hydrogen-bond donors (Lipinski definition) is 1. The molecule has 6 heteroatoms. The monoisotopic (exact) mass is 421 g/mol. The number of unbranched alkanes of at least 4 members (excludes halogenated alkanes) is 4. The lowest BCUT2D eigenvalue weighted by molar-refractivity contribution is -0.165. The standard InChI is InChI=1S/C24H39NO5/c1-4-5-6-7-8-10-13-20-19(17-25)16-22(27)21(20)14-11-9-12-15-23(24(28)29-3)30-18(2)26/h9-11,13,19-21,23H,4-8,12,14-17,25H2,1-3H3/b11-9-,13-10+/t19-,20-,21+,23?/m0/s1. The van der Waals surface area contributed by atoms with Crippen LogP contribution in [0.4, 0.5) is 0 Å². The second kappa shape index (κ2) is 14.9. The van der Waals surface area contributed by atoms with Crippen LogP contribution in [-0.4, -0.2) is 37.5 Å². The van der Waals surface area contributed by atoms with Gasteiger partial charge < -0.3 is 15.2 Å². The van der Waals surface area contributed by atoms with Crippen LogP contribution in [0.1, 0.15) is 71.6 Å². The fraction of sp³-hybridized carbons (Fsp3) is 0.708. The summed E-state index contributed by atoms with van der Waals surface area (Å²) in [6.07, 6.45) is 15.6. The van der Waals surface area contributed by atoms with Crippen molar-refractivity contribution >= 4 is 17.7 Å². The van der Waals surface area contributed by atoms with E-state index in [2.05, 4.69) is 23.8 Å². The number of methoxy groups -OCH3 is 1. The van der Waals surface area contributed by atoms with Crippen LogP contribution in [0.3, 0.4) is 0 Å². The van der Waals surface area contributed by atoms with E-state index >= 15 is 0 Å². The highest BCUT2D eigenvalue weighted by atomic mass is 16.6. The molecule has 0 aromatic heterocycles. The first-order valence-electron chi connectivity index (χ1n) is 11.2. The Labute approximate surface area is 181 Å². The summed E-state index contributed by atoms with van der Waals surface area (Å²) < 4.78 is 9.67. The smallest absolute Gasteiger partial charge is 0.347 e. The van der Waals surface area contributed by atoms with E-state index in [1.165, 1.54) is 39.7 Å². The van der Waals surface area contributed by atoms with Crippen molar-refractivity contribution in [3.63, 3.8) is 0 Å². The van der Waals surface area contributed by atoms with Gasteiger partial charge in [-0.1, -0.05) is 50.5 Å². The Morgan fingerprint density at radius 1 is 1.17 bits per heavy atom. The zero-order valence-corrected chi connectivity index (χ0v) is 18.8. The molecule has 2 N–H and O–H groups in total. The SMILES string of the molecule is CCCCCC/C=C/[C@H]1[C@H](CN)CC(=O)[C@@H]1C/C=C\CCC(OC(C)=O)C(=O)OC. The van der Waals surface area contributed by atoms with Crippen molar-refractivity contribution < 1.29 is 23.9 Å². The lowest BCUT2D eigenvalue weighted by Crippen LogP contribution is -2.27. The zero-order valence-electron chi connectivity index (χ0n) is 18.8. The van der Waals surface area contributed by atoms with Crippen LogP contribution < -0.4 is 5.73 Å². The number of ether oxygens (including phenoxy) is 2. The highest BCUT2D eigenvalue weighted by molar-refractivity contribution is 5.84. The van der Waals surface area contributed by atoms with Gasteiger partial charge in [0.15, 0.2) is 6.10 Å². The van der Waals surface area contributed by atoms with Crippen molar-refractivity contribution in [2.45, 2.75) is 77.7 Å². The molecule has 0 saturated heterocycles. The molecule has 0 aliphatic heterocycles. The molecule has 0 spiro atoms. The minimum Gasteiger partial charge on any atom is -0.466 e. The topological polar surface area (TPSA) is 95.7 Å². The van der Waals surface area contributed by atoms with E-state index in [4.69, 9.17) is 10.5 Å². The summed E-state index contributed by atoms with van der Waals surface area (Å²) in [6, 6.07) is 0. The van der Waals surface area contributed by atoms with Gasteiger partial charge in [0.1, 0.15) is 5.78 Å². The first-order valence-corrected chi connectivity index (χ1v) is 11.2. The predicted molar refractivity (Wildman–Crippen MR) is 118 cm³/mol. The minimum absolute atomic E-state index is 0.0356. The molecule has 0 heterocycles. The molecule has 0 aromatic rings. The van der Waals surface area contributed by atoms with Crippen molar-refractivity contribution in [2.75, 3.05) is 13.7 Å². The molecule has 1 aliphatic carbocycles. The number of nitrogens with two attached hydrogens (primary N) is 1. The third kappa shape index (κ3) is 9.24. The van der Waals surface area contributed by atoms with E-state index in [1.54, 1.807) is 0 Å².